The van der Waals surface area contributed by atoms with Gasteiger partial charge in [0.15, 0.2) is 0 Å². The van der Waals surface area contributed by atoms with Crippen LogP contribution in [-0.2, 0) is 0 Å². The van der Waals surface area contributed by atoms with Crippen molar-refractivity contribution < 1.29 is 4.52 Å². The van der Waals surface area contributed by atoms with Gasteiger partial charge >= 0.3 is 0 Å². The number of rotatable bonds is 2. The van der Waals surface area contributed by atoms with Crippen molar-refractivity contribution in [1.29, 1.82) is 0 Å². The van der Waals surface area contributed by atoms with Gasteiger partial charge in [-0.25, -0.2) is 0 Å². The standard InChI is InChI=1S/C15H9Br2IN2O/c16-8-5-6-12(18)10(7-8)14-13(15(19)21-20-14)9-3-1-2-4-11(9)17/h1-7H,19H2. The van der Waals surface area contributed by atoms with Crippen molar-refractivity contribution in [2.45, 2.75) is 0 Å². The Balaban J connectivity index is 2.27. The number of halogens is 3. The maximum absolute atomic E-state index is 6.00. The lowest BCUT2D eigenvalue weighted by molar-refractivity contribution is 0.439. The predicted molar refractivity (Wildman–Crippen MR) is 99.9 cm³/mol. The maximum atomic E-state index is 6.00. The number of hydrogen-bond acceptors (Lipinski definition) is 3. The smallest absolute Gasteiger partial charge is 0.230 e. The van der Waals surface area contributed by atoms with Crippen LogP contribution in [0.4, 0.5) is 5.88 Å². The molecule has 1 heterocycles. The van der Waals surface area contributed by atoms with Crippen LogP contribution in [0.15, 0.2) is 55.9 Å². The molecule has 0 saturated heterocycles. The highest BCUT2D eigenvalue weighted by molar-refractivity contribution is 14.1. The molecule has 3 rings (SSSR count). The summed E-state index contributed by atoms with van der Waals surface area (Å²) in [5.74, 6) is 0.313. The van der Waals surface area contributed by atoms with Crippen molar-refractivity contribution in [2.75, 3.05) is 5.73 Å². The van der Waals surface area contributed by atoms with E-state index in [2.05, 4.69) is 59.6 Å². The third-order valence-corrected chi connectivity index (χ3v) is 5.17. The molecule has 0 aliphatic carbocycles. The summed E-state index contributed by atoms with van der Waals surface area (Å²) in [5.41, 5.74) is 9.49. The maximum Gasteiger partial charge on any atom is 0.230 e. The number of benzene rings is 2. The van der Waals surface area contributed by atoms with Crippen molar-refractivity contribution in [2.24, 2.45) is 0 Å². The fourth-order valence-electron chi connectivity index (χ4n) is 2.09. The molecule has 3 nitrogen and oxygen atoms in total. The van der Waals surface area contributed by atoms with E-state index < -0.39 is 0 Å². The van der Waals surface area contributed by atoms with Crippen LogP contribution in [0.2, 0.25) is 0 Å². The Bertz CT molecular complexity index is 817. The van der Waals surface area contributed by atoms with Crippen molar-refractivity contribution in [1.82, 2.24) is 5.16 Å². The molecule has 6 heteroatoms. The molecular weight excluding hydrogens is 511 g/mol. The Morgan fingerprint density at radius 3 is 2.57 bits per heavy atom. The molecule has 2 N–H and O–H groups in total. The molecule has 106 valence electrons. The van der Waals surface area contributed by atoms with Crippen LogP contribution in [0, 0.1) is 3.57 Å². The lowest BCUT2D eigenvalue weighted by atomic mass is 10.0. The summed E-state index contributed by atoms with van der Waals surface area (Å²) >= 11 is 9.33. The summed E-state index contributed by atoms with van der Waals surface area (Å²) in [4.78, 5) is 0. The predicted octanol–water partition coefficient (Wildman–Crippen LogP) is 5.72. The second-order valence-electron chi connectivity index (χ2n) is 4.37. The Morgan fingerprint density at radius 1 is 1.05 bits per heavy atom. The SMILES string of the molecule is Nc1onc(-c2cc(Br)ccc2I)c1-c1ccccc1Br. The first-order valence-corrected chi connectivity index (χ1v) is 8.70. The number of nitrogens with two attached hydrogens (primary N) is 1. The summed E-state index contributed by atoms with van der Waals surface area (Å²) in [6.45, 7) is 0. The van der Waals surface area contributed by atoms with Gasteiger partial charge in [-0.05, 0) is 46.9 Å². The normalized spacial score (nSPS) is 10.8. The average Bonchev–Trinajstić information content (AvgIpc) is 2.84. The Labute approximate surface area is 152 Å². The van der Waals surface area contributed by atoms with E-state index in [-0.39, 0.29) is 0 Å². The first kappa shape index (κ1) is 15.1. The molecule has 2 aromatic carbocycles. The first-order valence-electron chi connectivity index (χ1n) is 6.03. The van der Waals surface area contributed by atoms with Crippen LogP contribution in [0.5, 0.6) is 0 Å². The summed E-state index contributed by atoms with van der Waals surface area (Å²) in [7, 11) is 0. The number of aromatic nitrogens is 1. The molecule has 0 saturated carbocycles. The molecule has 0 aliphatic rings. The Hall–Kier alpha value is -0.860. The molecule has 1 aromatic heterocycles. The highest BCUT2D eigenvalue weighted by Crippen LogP contribution is 2.41. The van der Waals surface area contributed by atoms with Gasteiger partial charge in [-0.1, -0.05) is 55.2 Å². The average molecular weight is 520 g/mol. The lowest BCUT2D eigenvalue weighted by Gasteiger charge is -2.07. The van der Waals surface area contributed by atoms with Crippen LogP contribution >= 0.6 is 54.5 Å². The molecule has 0 amide bonds. The van der Waals surface area contributed by atoms with Crippen molar-refractivity contribution in [3.05, 3.63) is 55.0 Å². The number of nitrogen functional groups attached to an aromatic ring is 1. The largest absolute Gasteiger partial charge is 0.367 e. The zero-order valence-corrected chi connectivity index (χ0v) is 15.9. The molecule has 21 heavy (non-hydrogen) atoms. The van der Waals surface area contributed by atoms with Gasteiger partial charge in [-0.15, -0.1) is 0 Å². The molecular formula is C15H9Br2IN2O. The van der Waals surface area contributed by atoms with Crippen molar-refractivity contribution in [3.63, 3.8) is 0 Å². The van der Waals surface area contributed by atoms with E-state index in [1.54, 1.807) is 0 Å². The third kappa shape index (κ3) is 2.89. The van der Waals surface area contributed by atoms with E-state index in [1.807, 2.05) is 42.5 Å². The molecule has 0 atom stereocenters. The minimum Gasteiger partial charge on any atom is -0.367 e. The first-order chi connectivity index (χ1) is 10.1. The monoisotopic (exact) mass is 518 g/mol. The molecule has 0 fully saturated rings. The van der Waals surface area contributed by atoms with E-state index in [0.29, 0.717) is 5.88 Å². The molecule has 0 spiro atoms. The zero-order valence-electron chi connectivity index (χ0n) is 10.6. The van der Waals surface area contributed by atoms with Gasteiger partial charge in [0.05, 0.1) is 5.56 Å². The van der Waals surface area contributed by atoms with E-state index in [0.717, 1.165) is 34.9 Å². The zero-order chi connectivity index (χ0) is 15.0. The topological polar surface area (TPSA) is 52.0 Å². The van der Waals surface area contributed by atoms with Gasteiger partial charge in [0.25, 0.3) is 0 Å². The van der Waals surface area contributed by atoms with Gasteiger partial charge in [-0.3, -0.25) is 0 Å². The summed E-state index contributed by atoms with van der Waals surface area (Å²) in [6, 6.07) is 13.9. The third-order valence-electron chi connectivity index (χ3n) is 3.05. The highest BCUT2D eigenvalue weighted by Gasteiger charge is 2.20. The van der Waals surface area contributed by atoms with E-state index in [9.17, 15) is 0 Å². The molecule has 3 aromatic rings. The second kappa shape index (κ2) is 6.10. The quantitative estimate of drug-likeness (QED) is 0.441. The van der Waals surface area contributed by atoms with Crippen molar-refractivity contribution >= 4 is 60.3 Å². The summed E-state index contributed by atoms with van der Waals surface area (Å²) < 4.78 is 8.26. The Kier molecular flexibility index (Phi) is 4.37. The Morgan fingerprint density at radius 2 is 1.81 bits per heavy atom. The minimum atomic E-state index is 0.313. The number of hydrogen-bond donors (Lipinski definition) is 1. The fourth-order valence-corrected chi connectivity index (χ4v) is 3.52. The van der Waals surface area contributed by atoms with Gasteiger partial charge in [-0.2, -0.15) is 0 Å². The molecule has 0 radical (unpaired) electrons. The summed E-state index contributed by atoms with van der Waals surface area (Å²) in [6.07, 6.45) is 0. The van der Waals surface area contributed by atoms with E-state index in [1.165, 1.54) is 0 Å². The van der Waals surface area contributed by atoms with Crippen molar-refractivity contribution in [3.8, 4) is 22.4 Å². The van der Waals surface area contributed by atoms with Gasteiger partial charge in [0.2, 0.25) is 5.88 Å². The van der Waals surface area contributed by atoms with E-state index >= 15 is 0 Å². The minimum absolute atomic E-state index is 0.313. The van der Waals surface area contributed by atoms with Crippen LogP contribution in [0.1, 0.15) is 0 Å². The van der Waals surface area contributed by atoms with Crippen LogP contribution in [0.3, 0.4) is 0 Å². The van der Waals surface area contributed by atoms with Gasteiger partial charge in [0, 0.05) is 23.6 Å². The summed E-state index contributed by atoms with van der Waals surface area (Å²) in [5, 5.41) is 4.16. The van der Waals surface area contributed by atoms with E-state index in [4.69, 9.17) is 10.3 Å². The van der Waals surface area contributed by atoms with Crippen LogP contribution < -0.4 is 5.73 Å². The molecule has 0 unspecified atom stereocenters. The van der Waals surface area contributed by atoms with Gasteiger partial charge in [0.1, 0.15) is 5.69 Å². The lowest BCUT2D eigenvalue weighted by Crippen LogP contribution is -1.90. The molecule has 0 bridgehead atoms. The van der Waals surface area contributed by atoms with Crippen LogP contribution in [-0.4, -0.2) is 5.16 Å². The van der Waals surface area contributed by atoms with Gasteiger partial charge < -0.3 is 10.3 Å². The number of anilines is 1. The van der Waals surface area contributed by atoms with Crippen LogP contribution in [0.25, 0.3) is 22.4 Å². The molecule has 0 aliphatic heterocycles. The fraction of sp³-hybridized carbons (Fsp3) is 0. The highest BCUT2D eigenvalue weighted by atomic mass is 127. The number of nitrogens with zero attached hydrogens (tertiary/aromatic N) is 1. The second-order valence-corrected chi connectivity index (χ2v) is 7.31.